The summed E-state index contributed by atoms with van der Waals surface area (Å²) in [7, 11) is 4.79. The molecule has 1 saturated heterocycles. The van der Waals surface area contributed by atoms with Gasteiger partial charge in [0.2, 0.25) is 5.91 Å². The number of esters is 1. The molecule has 4 aliphatic rings. The van der Waals surface area contributed by atoms with Gasteiger partial charge in [-0.05, 0) is 67.6 Å². The topological polar surface area (TPSA) is 65.1 Å². The molecule has 0 aromatic heterocycles. The third-order valence-corrected chi connectivity index (χ3v) is 9.66. The lowest BCUT2D eigenvalue weighted by molar-refractivity contribution is -0.150. The molecule has 1 aromatic rings. The molecule has 0 radical (unpaired) electrons. The number of ether oxygens (including phenoxy) is 3. The number of nitrogens with zero attached hydrogens (tertiary/aromatic N) is 1. The second-order valence-electron chi connectivity index (χ2n) is 11.1. The summed E-state index contributed by atoms with van der Waals surface area (Å²) in [5, 5.41) is 0. The van der Waals surface area contributed by atoms with Gasteiger partial charge < -0.3 is 19.1 Å². The number of allylic oxidation sites excluding steroid dienone is 4. The second-order valence-corrected chi connectivity index (χ2v) is 11.1. The first-order valence-electron chi connectivity index (χ1n) is 12.8. The van der Waals surface area contributed by atoms with E-state index >= 15 is 0 Å². The minimum atomic E-state index is -0.0949. The SMILES string of the molecule is COC(=O)C1CC[C@H]2C3=CC=C4N(Cc5ccc(OC)cc5OC)C(=O)CC[C@]4(C)[C@@H]3CC[C@]12C. The molecule has 35 heavy (non-hydrogen) atoms. The first-order chi connectivity index (χ1) is 16.8. The summed E-state index contributed by atoms with van der Waals surface area (Å²) in [5.41, 5.74) is 3.42. The van der Waals surface area contributed by atoms with Crippen LogP contribution in [0.4, 0.5) is 0 Å². The molecule has 1 aliphatic heterocycles. The van der Waals surface area contributed by atoms with Crippen LogP contribution in [0.3, 0.4) is 0 Å². The Bertz CT molecular complexity index is 1110. The lowest BCUT2D eigenvalue weighted by Gasteiger charge is -2.55. The van der Waals surface area contributed by atoms with E-state index in [0.717, 1.165) is 54.9 Å². The summed E-state index contributed by atoms with van der Waals surface area (Å²) in [6.45, 7) is 5.11. The first-order valence-corrected chi connectivity index (χ1v) is 12.8. The summed E-state index contributed by atoms with van der Waals surface area (Å²) in [4.78, 5) is 27.7. The molecule has 3 fully saturated rings. The third kappa shape index (κ3) is 3.59. The van der Waals surface area contributed by atoms with Crippen molar-refractivity contribution in [2.45, 2.75) is 58.9 Å². The molecule has 3 aliphatic carbocycles. The summed E-state index contributed by atoms with van der Waals surface area (Å²) in [6.07, 6.45) is 9.85. The average Bonchev–Trinajstić information content (AvgIpc) is 3.22. The van der Waals surface area contributed by atoms with Gasteiger partial charge in [-0.15, -0.1) is 0 Å². The number of piperidine rings is 1. The predicted molar refractivity (Wildman–Crippen MR) is 133 cm³/mol. The molecular formula is C29H37NO5. The number of benzene rings is 1. The normalized spacial score (nSPS) is 33.7. The number of hydrogen-bond donors (Lipinski definition) is 0. The maximum Gasteiger partial charge on any atom is 0.309 e. The molecule has 1 unspecified atom stereocenters. The monoisotopic (exact) mass is 479 g/mol. The van der Waals surface area contributed by atoms with Gasteiger partial charge in [-0.1, -0.05) is 25.5 Å². The van der Waals surface area contributed by atoms with Gasteiger partial charge >= 0.3 is 5.97 Å². The molecule has 0 spiro atoms. The molecule has 1 amide bonds. The molecule has 6 nitrogen and oxygen atoms in total. The van der Waals surface area contributed by atoms with E-state index in [1.54, 1.807) is 14.2 Å². The maximum atomic E-state index is 13.2. The number of hydrogen-bond acceptors (Lipinski definition) is 5. The van der Waals surface area contributed by atoms with Gasteiger partial charge in [0.1, 0.15) is 11.5 Å². The Morgan fingerprint density at radius 1 is 1.03 bits per heavy atom. The zero-order chi connectivity index (χ0) is 25.0. The van der Waals surface area contributed by atoms with Gasteiger partial charge in [0, 0.05) is 29.2 Å². The number of rotatable bonds is 5. The van der Waals surface area contributed by atoms with Crippen LogP contribution in [-0.2, 0) is 20.9 Å². The molecule has 5 rings (SSSR count). The van der Waals surface area contributed by atoms with Crippen molar-refractivity contribution in [2.75, 3.05) is 21.3 Å². The van der Waals surface area contributed by atoms with Crippen LogP contribution in [0.2, 0.25) is 0 Å². The van der Waals surface area contributed by atoms with Crippen molar-refractivity contribution in [1.29, 1.82) is 0 Å². The molecule has 0 bridgehead atoms. The number of carbonyl (C=O) groups excluding carboxylic acids is 2. The van der Waals surface area contributed by atoms with Crippen LogP contribution in [0.15, 0.2) is 41.6 Å². The summed E-state index contributed by atoms with van der Waals surface area (Å²) in [6, 6.07) is 5.77. The molecule has 2 saturated carbocycles. The molecule has 5 atom stereocenters. The van der Waals surface area contributed by atoms with E-state index in [1.807, 2.05) is 23.1 Å². The Kier molecular flexibility index (Phi) is 5.97. The Morgan fingerprint density at radius 3 is 2.54 bits per heavy atom. The summed E-state index contributed by atoms with van der Waals surface area (Å²) < 4.78 is 16.1. The highest BCUT2D eigenvalue weighted by molar-refractivity contribution is 5.80. The quantitative estimate of drug-likeness (QED) is 0.538. The van der Waals surface area contributed by atoms with Gasteiger partial charge in [0.15, 0.2) is 0 Å². The van der Waals surface area contributed by atoms with Crippen molar-refractivity contribution in [3.8, 4) is 11.5 Å². The fraction of sp³-hybridized carbons (Fsp3) is 0.586. The molecule has 1 aromatic carbocycles. The Balaban J connectivity index is 1.49. The number of fused-ring (bicyclic) bond motifs is 5. The molecule has 6 heteroatoms. The number of likely N-dealkylation sites (tertiary alicyclic amines) is 1. The van der Waals surface area contributed by atoms with E-state index in [0.29, 0.717) is 24.8 Å². The highest BCUT2D eigenvalue weighted by Gasteiger charge is 2.59. The Morgan fingerprint density at radius 2 is 1.83 bits per heavy atom. The van der Waals surface area contributed by atoms with Crippen molar-refractivity contribution >= 4 is 11.9 Å². The van der Waals surface area contributed by atoms with Crippen molar-refractivity contribution in [2.24, 2.45) is 28.6 Å². The second kappa shape index (κ2) is 8.72. The number of methoxy groups -OCH3 is 3. The van der Waals surface area contributed by atoms with Crippen LogP contribution < -0.4 is 9.47 Å². The largest absolute Gasteiger partial charge is 0.497 e. The highest BCUT2D eigenvalue weighted by atomic mass is 16.5. The van der Waals surface area contributed by atoms with Gasteiger partial charge in [0.25, 0.3) is 0 Å². The summed E-state index contributed by atoms with van der Waals surface area (Å²) in [5.74, 6) is 2.33. The lowest BCUT2D eigenvalue weighted by atomic mass is 9.52. The van der Waals surface area contributed by atoms with Crippen LogP contribution in [0.25, 0.3) is 0 Å². The van der Waals surface area contributed by atoms with Crippen molar-refractivity contribution < 1.29 is 23.8 Å². The number of amides is 1. The van der Waals surface area contributed by atoms with E-state index in [2.05, 4.69) is 26.0 Å². The minimum Gasteiger partial charge on any atom is -0.497 e. The van der Waals surface area contributed by atoms with E-state index in [4.69, 9.17) is 14.2 Å². The first kappa shape index (κ1) is 24.0. The maximum absolute atomic E-state index is 13.2. The summed E-state index contributed by atoms with van der Waals surface area (Å²) >= 11 is 0. The lowest BCUT2D eigenvalue weighted by Crippen LogP contribution is -2.51. The molecule has 0 N–H and O–H groups in total. The zero-order valence-electron chi connectivity index (χ0n) is 21.6. The molecular weight excluding hydrogens is 442 g/mol. The van der Waals surface area contributed by atoms with Gasteiger partial charge in [-0.3, -0.25) is 9.59 Å². The zero-order valence-corrected chi connectivity index (χ0v) is 21.6. The van der Waals surface area contributed by atoms with Crippen LogP contribution in [-0.4, -0.2) is 38.1 Å². The highest BCUT2D eigenvalue weighted by Crippen LogP contribution is 2.64. The third-order valence-electron chi connectivity index (χ3n) is 9.66. The van der Waals surface area contributed by atoms with Crippen LogP contribution in [0, 0.1) is 28.6 Å². The van der Waals surface area contributed by atoms with E-state index in [9.17, 15) is 9.59 Å². The van der Waals surface area contributed by atoms with E-state index in [1.165, 1.54) is 12.7 Å². The van der Waals surface area contributed by atoms with E-state index in [-0.39, 0.29) is 28.6 Å². The minimum absolute atomic E-state index is 0.0236. The Hall–Kier alpha value is -2.76. The fourth-order valence-corrected chi connectivity index (χ4v) is 7.65. The standard InChI is InChI=1S/C29H37NO5/c1-28-14-12-22-20(21(28)9-10-23(28)27(32)35-5)8-11-25-29(22,2)15-13-26(31)30(25)17-18-6-7-19(33-3)16-24(18)34-4/h6-8,11,16,21-23H,9-10,12-15,17H2,1-5H3/t21-,22+,23?,28-,29+/m0/s1. The van der Waals surface area contributed by atoms with Crippen molar-refractivity contribution in [3.63, 3.8) is 0 Å². The smallest absolute Gasteiger partial charge is 0.309 e. The van der Waals surface area contributed by atoms with Crippen LogP contribution >= 0.6 is 0 Å². The fourth-order valence-electron chi connectivity index (χ4n) is 7.65. The van der Waals surface area contributed by atoms with Crippen LogP contribution in [0.5, 0.6) is 11.5 Å². The van der Waals surface area contributed by atoms with Gasteiger partial charge in [-0.2, -0.15) is 0 Å². The average molecular weight is 480 g/mol. The van der Waals surface area contributed by atoms with E-state index < -0.39 is 0 Å². The van der Waals surface area contributed by atoms with Gasteiger partial charge in [0.05, 0.1) is 33.8 Å². The number of carbonyl (C=O) groups is 2. The molecule has 188 valence electrons. The van der Waals surface area contributed by atoms with Crippen LogP contribution in [0.1, 0.15) is 57.9 Å². The Labute approximate surface area is 208 Å². The van der Waals surface area contributed by atoms with Crippen molar-refractivity contribution in [1.82, 2.24) is 4.90 Å². The predicted octanol–water partition coefficient (Wildman–Crippen LogP) is 5.27. The van der Waals surface area contributed by atoms with Gasteiger partial charge in [-0.25, -0.2) is 0 Å². The van der Waals surface area contributed by atoms with Crippen molar-refractivity contribution in [3.05, 3.63) is 47.2 Å². The molecule has 1 heterocycles.